The molecule has 0 saturated carbocycles. The molecular weight excluding hydrogens is 204 g/mol. The van der Waals surface area contributed by atoms with Crippen molar-refractivity contribution in [3.63, 3.8) is 0 Å². The number of hydrazone groups is 1. The molecule has 1 aromatic carbocycles. The van der Waals surface area contributed by atoms with E-state index in [-0.39, 0.29) is 0 Å². The van der Waals surface area contributed by atoms with Crippen LogP contribution in [0.2, 0.25) is 0 Å². The number of nitrogens with zero attached hydrogens (tertiary/aromatic N) is 1. The number of rotatable bonds is 3. The first-order valence-electron chi connectivity index (χ1n) is 4.74. The molecule has 2 rings (SSSR count). The first-order valence-corrected chi connectivity index (χ1v) is 5.62. The maximum absolute atomic E-state index is 4.18. The molecule has 2 nitrogen and oxygen atoms in total. The summed E-state index contributed by atoms with van der Waals surface area (Å²) in [6.07, 6.45) is 1.85. The number of benzene rings is 1. The second-order valence-corrected chi connectivity index (χ2v) is 4.15. The monoisotopic (exact) mass is 216 g/mol. The topological polar surface area (TPSA) is 24.4 Å². The smallest absolute Gasteiger partial charge is 0.0647 e. The molecule has 0 spiro atoms. The van der Waals surface area contributed by atoms with Gasteiger partial charge in [0, 0.05) is 4.88 Å². The van der Waals surface area contributed by atoms with Crippen LogP contribution in [0.25, 0.3) is 0 Å². The number of anilines is 1. The van der Waals surface area contributed by atoms with E-state index < -0.39 is 0 Å². The molecule has 1 aromatic heterocycles. The maximum atomic E-state index is 4.18. The van der Waals surface area contributed by atoms with Crippen molar-refractivity contribution in [2.45, 2.75) is 6.92 Å². The molecule has 0 saturated heterocycles. The fraction of sp³-hybridized carbons (Fsp3) is 0.0833. The average molecular weight is 216 g/mol. The van der Waals surface area contributed by atoms with Gasteiger partial charge >= 0.3 is 0 Å². The second kappa shape index (κ2) is 4.75. The molecule has 0 bridgehead atoms. The summed E-state index contributed by atoms with van der Waals surface area (Å²) in [6, 6.07) is 12.0. The van der Waals surface area contributed by atoms with E-state index in [0.717, 1.165) is 5.69 Å². The highest BCUT2D eigenvalue weighted by molar-refractivity contribution is 7.11. The second-order valence-electron chi connectivity index (χ2n) is 3.20. The summed E-state index contributed by atoms with van der Waals surface area (Å²) < 4.78 is 0. The summed E-state index contributed by atoms with van der Waals surface area (Å²) in [5, 5.41) is 6.25. The Balaban J connectivity index is 2.00. The van der Waals surface area contributed by atoms with Gasteiger partial charge in [-0.25, -0.2) is 0 Å². The van der Waals surface area contributed by atoms with Gasteiger partial charge in [0.05, 0.1) is 11.9 Å². The highest BCUT2D eigenvalue weighted by atomic mass is 32.1. The Labute approximate surface area is 93.3 Å². The molecule has 0 atom stereocenters. The van der Waals surface area contributed by atoms with Crippen LogP contribution >= 0.6 is 11.3 Å². The van der Waals surface area contributed by atoms with E-state index in [1.165, 1.54) is 10.4 Å². The molecule has 3 heteroatoms. The highest BCUT2D eigenvalue weighted by Crippen LogP contribution is 2.12. The Morgan fingerprint density at radius 1 is 1.20 bits per heavy atom. The molecule has 1 heterocycles. The van der Waals surface area contributed by atoms with Gasteiger partial charge in [0.2, 0.25) is 0 Å². The molecule has 0 aliphatic carbocycles. The van der Waals surface area contributed by atoms with Gasteiger partial charge in [0.15, 0.2) is 0 Å². The standard InChI is InChI=1S/C12H12N2S/c1-10-7-8-15-12(10)9-13-14-11-5-3-2-4-6-11/h2-9,14H,1H3/b13-9-. The molecule has 0 fully saturated rings. The van der Waals surface area contributed by atoms with Crippen LogP contribution in [0.1, 0.15) is 10.4 Å². The number of para-hydroxylation sites is 1. The van der Waals surface area contributed by atoms with E-state index in [9.17, 15) is 0 Å². The van der Waals surface area contributed by atoms with Gasteiger partial charge in [0.25, 0.3) is 0 Å². The summed E-state index contributed by atoms with van der Waals surface area (Å²) in [5.41, 5.74) is 5.25. The quantitative estimate of drug-likeness (QED) is 0.616. The Bertz CT molecular complexity index is 446. The van der Waals surface area contributed by atoms with Gasteiger partial charge in [-0.15, -0.1) is 11.3 Å². The van der Waals surface area contributed by atoms with Crippen LogP contribution in [0.4, 0.5) is 5.69 Å². The SMILES string of the molecule is Cc1ccsc1/C=N\Nc1ccccc1. The Kier molecular flexibility index (Phi) is 3.15. The number of aryl methyl sites for hydroxylation is 1. The van der Waals surface area contributed by atoms with E-state index in [2.05, 4.69) is 28.9 Å². The van der Waals surface area contributed by atoms with Gasteiger partial charge in [-0.05, 0) is 36.1 Å². The Morgan fingerprint density at radius 2 is 2.00 bits per heavy atom. The lowest BCUT2D eigenvalue weighted by atomic mass is 10.3. The van der Waals surface area contributed by atoms with Crippen molar-refractivity contribution in [2.24, 2.45) is 5.10 Å². The van der Waals surface area contributed by atoms with Gasteiger partial charge in [-0.3, -0.25) is 5.43 Å². The van der Waals surface area contributed by atoms with Crippen molar-refractivity contribution in [1.82, 2.24) is 0 Å². The van der Waals surface area contributed by atoms with Gasteiger partial charge in [0.1, 0.15) is 0 Å². The van der Waals surface area contributed by atoms with E-state index in [1.807, 2.05) is 36.5 Å². The third-order valence-electron chi connectivity index (χ3n) is 2.05. The molecule has 0 amide bonds. The molecular formula is C12H12N2S. The normalized spacial score (nSPS) is 10.7. The first-order chi connectivity index (χ1) is 7.36. The summed E-state index contributed by atoms with van der Waals surface area (Å²) >= 11 is 1.70. The minimum absolute atomic E-state index is 1.00. The summed E-state index contributed by atoms with van der Waals surface area (Å²) in [6.45, 7) is 2.08. The van der Waals surface area contributed by atoms with Crippen molar-refractivity contribution in [3.8, 4) is 0 Å². The summed E-state index contributed by atoms with van der Waals surface area (Å²) in [4.78, 5) is 1.19. The largest absolute Gasteiger partial charge is 0.278 e. The van der Waals surface area contributed by atoms with E-state index in [4.69, 9.17) is 0 Å². The Morgan fingerprint density at radius 3 is 2.67 bits per heavy atom. The first kappa shape index (κ1) is 9.93. The van der Waals surface area contributed by atoms with Gasteiger partial charge < -0.3 is 0 Å². The molecule has 0 unspecified atom stereocenters. The number of hydrogen-bond donors (Lipinski definition) is 1. The van der Waals surface area contributed by atoms with Crippen molar-refractivity contribution in [2.75, 3.05) is 5.43 Å². The molecule has 1 N–H and O–H groups in total. The fourth-order valence-corrected chi connectivity index (χ4v) is 1.98. The zero-order valence-electron chi connectivity index (χ0n) is 8.47. The summed E-state index contributed by atoms with van der Waals surface area (Å²) in [7, 11) is 0. The van der Waals surface area contributed by atoms with Crippen LogP contribution in [0, 0.1) is 6.92 Å². The molecule has 15 heavy (non-hydrogen) atoms. The lowest BCUT2D eigenvalue weighted by Crippen LogP contribution is -1.89. The van der Waals surface area contributed by atoms with E-state index >= 15 is 0 Å². The summed E-state index contributed by atoms with van der Waals surface area (Å²) in [5.74, 6) is 0. The molecule has 0 aliphatic heterocycles. The van der Waals surface area contributed by atoms with Crippen LogP contribution in [0.5, 0.6) is 0 Å². The van der Waals surface area contributed by atoms with Crippen molar-refractivity contribution in [3.05, 3.63) is 52.2 Å². The fourth-order valence-electron chi connectivity index (χ4n) is 1.19. The van der Waals surface area contributed by atoms with Crippen LogP contribution in [0.3, 0.4) is 0 Å². The van der Waals surface area contributed by atoms with E-state index in [0.29, 0.717) is 0 Å². The molecule has 0 aliphatic rings. The van der Waals surface area contributed by atoms with Crippen LogP contribution in [-0.2, 0) is 0 Å². The molecule has 0 radical (unpaired) electrons. The lowest BCUT2D eigenvalue weighted by molar-refractivity contribution is 1.35. The number of hydrogen-bond acceptors (Lipinski definition) is 3. The zero-order chi connectivity index (χ0) is 10.5. The average Bonchev–Trinajstić information content (AvgIpc) is 2.66. The minimum atomic E-state index is 1.00. The number of thiophene rings is 1. The minimum Gasteiger partial charge on any atom is -0.278 e. The van der Waals surface area contributed by atoms with Crippen molar-refractivity contribution >= 4 is 23.2 Å². The third-order valence-corrected chi connectivity index (χ3v) is 3.00. The maximum Gasteiger partial charge on any atom is 0.0647 e. The predicted octanol–water partition coefficient (Wildman–Crippen LogP) is 3.50. The highest BCUT2D eigenvalue weighted by Gasteiger charge is 1.94. The van der Waals surface area contributed by atoms with E-state index in [1.54, 1.807) is 11.3 Å². The lowest BCUT2D eigenvalue weighted by Gasteiger charge is -1.97. The van der Waals surface area contributed by atoms with Crippen LogP contribution in [-0.4, -0.2) is 6.21 Å². The Hall–Kier alpha value is -1.61. The van der Waals surface area contributed by atoms with Gasteiger partial charge in [-0.1, -0.05) is 18.2 Å². The molecule has 2 aromatic rings. The van der Waals surface area contributed by atoms with Gasteiger partial charge in [-0.2, -0.15) is 5.10 Å². The third kappa shape index (κ3) is 2.67. The predicted molar refractivity (Wildman–Crippen MR) is 66.7 cm³/mol. The van der Waals surface area contributed by atoms with Crippen LogP contribution in [0.15, 0.2) is 46.9 Å². The van der Waals surface area contributed by atoms with Crippen LogP contribution < -0.4 is 5.43 Å². The number of nitrogens with one attached hydrogen (secondary N) is 1. The van der Waals surface area contributed by atoms with Crippen molar-refractivity contribution in [1.29, 1.82) is 0 Å². The van der Waals surface area contributed by atoms with Crippen molar-refractivity contribution < 1.29 is 0 Å². The zero-order valence-corrected chi connectivity index (χ0v) is 9.29. The molecule has 76 valence electrons.